The molecule has 0 unspecified atom stereocenters. The first-order chi connectivity index (χ1) is 4.16. The Bertz CT molecular complexity index is 146. The molecule has 4 nitrogen and oxygen atoms in total. The number of diazo groups is 1. The standard InChI is InChI=1S/C5H8N2O2/c1-4(2)9-5(8)3-7-6/h3-4H,1-2H3/p+1/b5-3+. The van der Waals surface area contributed by atoms with Gasteiger partial charge in [0.05, 0.1) is 6.10 Å². The van der Waals surface area contributed by atoms with Crippen molar-refractivity contribution < 1.29 is 9.84 Å². The summed E-state index contributed by atoms with van der Waals surface area (Å²) in [6, 6.07) is 0. The van der Waals surface area contributed by atoms with Gasteiger partial charge in [-0.25, -0.2) is 0 Å². The minimum absolute atomic E-state index is 0.108. The van der Waals surface area contributed by atoms with Gasteiger partial charge in [-0.3, -0.25) is 0 Å². The van der Waals surface area contributed by atoms with Crippen molar-refractivity contribution in [3.63, 3.8) is 0 Å². The van der Waals surface area contributed by atoms with E-state index in [1.165, 1.54) is 0 Å². The van der Waals surface area contributed by atoms with Crippen molar-refractivity contribution >= 4 is 0 Å². The molecule has 1 N–H and O–H groups in total. The molecule has 0 spiro atoms. The Labute approximate surface area is 53.4 Å². The zero-order valence-corrected chi connectivity index (χ0v) is 5.40. The van der Waals surface area contributed by atoms with Crippen LogP contribution in [0.1, 0.15) is 13.8 Å². The van der Waals surface area contributed by atoms with E-state index in [2.05, 4.69) is 9.71 Å². The molecule has 0 rings (SSSR count). The maximum atomic E-state index is 8.60. The summed E-state index contributed by atoms with van der Waals surface area (Å²) in [6.45, 7) is 3.50. The van der Waals surface area contributed by atoms with Crippen LogP contribution in [-0.4, -0.2) is 11.2 Å². The van der Waals surface area contributed by atoms with Crippen LogP contribution in [0.15, 0.2) is 12.1 Å². The van der Waals surface area contributed by atoms with Gasteiger partial charge in [-0.1, -0.05) is 0 Å². The Kier molecular flexibility index (Phi) is 3.21. The predicted molar refractivity (Wildman–Crippen MR) is 32.0 cm³/mol. The van der Waals surface area contributed by atoms with Gasteiger partial charge in [-0.05, 0) is 13.8 Å². The molecule has 0 aliphatic heterocycles. The molecule has 0 atom stereocenters. The van der Waals surface area contributed by atoms with E-state index >= 15 is 0 Å². The van der Waals surface area contributed by atoms with E-state index in [1.54, 1.807) is 13.8 Å². The van der Waals surface area contributed by atoms with Crippen LogP contribution in [0.2, 0.25) is 0 Å². The molecule has 0 radical (unpaired) electrons. The fourth-order valence-electron chi connectivity index (χ4n) is 0.321. The van der Waals surface area contributed by atoms with Gasteiger partial charge in [-0.2, -0.15) is 0 Å². The van der Waals surface area contributed by atoms with Crippen molar-refractivity contribution in [3.8, 4) is 0 Å². The van der Waals surface area contributed by atoms with Crippen LogP contribution in [0.25, 0.3) is 4.98 Å². The Morgan fingerprint density at radius 3 is 2.67 bits per heavy atom. The van der Waals surface area contributed by atoms with Crippen molar-refractivity contribution in [1.82, 2.24) is 0 Å². The summed E-state index contributed by atoms with van der Waals surface area (Å²) < 4.78 is 4.65. The van der Waals surface area contributed by atoms with Gasteiger partial charge in [0.25, 0.3) is 0 Å². The van der Waals surface area contributed by atoms with Crippen molar-refractivity contribution in [2.24, 2.45) is 0 Å². The maximum Gasteiger partial charge on any atom is 0.429 e. The highest BCUT2D eigenvalue weighted by Crippen LogP contribution is 1.96. The summed E-state index contributed by atoms with van der Waals surface area (Å²) in [5.41, 5.74) is 0. The number of hydrogen-bond donors (Lipinski definition) is 1. The normalized spacial score (nSPS) is 11.1. The van der Waals surface area contributed by atoms with Gasteiger partial charge in [0.2, 0.25) is 5.39 Å². The third kappa shape index (κ3) is 4.62. The average molecular weight is 129 g/mol. The number of nitrogens with zero attached hydrogens (tertiary/aromatic N) is 2. The van der Waals surface area contributed by atoms with E-state index in [4.69, 9.17) is 10.5 Å². The van der Waals surface area contributed by atoms with Crippen molar-refractivity contribution in [3.05, 3.63) is 17.1 Å². The molecule has 0 aromatic heterocycles. The number of aliphatic hydroxyl groups is 1. The van der Waals surface area contributed by atoms with Crippen LogP contribution in [-0.2, 0) is 4.74 Å². The molecule has 9 heavy (non-hydrogen) atoms. The third-order valence-corrected chi connectivity index (χ3v) is 0.525. The molecule has 0 amide bonds. The first-order valence-electron chi connectivity index (χ1n) is 2.57. The molecule has 0 saturated heterocycles. The fourth-order valence-corrected chi connectivity index (χ4v) is 0.321. The van der Waals surface area contributed by atoms with E-state index in [9.17, 15) is 0 Å². The Balaban J connectivity index is 3.66. The van der Waals surface area contributed by atoms with E-state index in [0.717, 1.165) is 6.20 Å². The minimum Gasteiger partial charge on any atom is -0.476 e. The molecule has 4 heteroatoms. The molecule has 0 saturated carbocycles. The number of hydrogen-bond acceptors (Lipinski definition) is 3. The van der Waals surface area contributed by atoms with Crippen LogP contribution in [0, 0.1) is 5.39 Å². The molecule has 0 heterocycles. The van der Waals surface area contributed by atoms with Crippen molar-refractivity contribution in [2.75, 3.05) is 0 Å². The summed E-state index contributed by atoms with van der Waals surface area (Å²) in [5, 5.41) is 16.5. The fraction of sp³-hybridized carbons (Fsp3) is 0.600. The van der Waals surface area contributed by atoms with E-state index in [1.807, 2.05) is 0 Å². The Morgan fingerprint density at radius 2 is 2.33 bits per heavy atom. The molecule has 0 bridgehead atoms. The average Bonchev–Trinajstić information content (AvgIpc) is 1.63. The summed E-state index contributed by atoms with van der Waals surface area (Å²) in [5.74, 6) is -0.382. The van der Waals surface area contributed by atoms with E-state index < -0.39 is 0 Å². The zero-order valence-electron chi connectivity index (χ0n) is 5.40. The van der Waals surface area contributed by atoms with Gasteiger partial charge in [-0.15, -0.1) is 0 Å². The second kappa shape index (κ2) is 3.72. The first kappa shape index (κ1) is 7.76. The molecule has 0 aliphatic rings. The van der Waals surface area contributed by atoms with Crippen LogP contribution in [0.4, 0.5) is 0 Å². The van der Waals surface area contributed by atoms with Crippen LogP contribution in [0.3, 0.4) is 0 Å². The summed E-state index contributed by atoms with van der Waals surface area (Å²) >= 11 is 0. The topological polar surface area (TPSA) is 57.6 Å². The van der Waals surface area contributed by atoms with E-state index in [0.29, 0.717) is 0 Å². The van der Waals surface area contributed by atoms with Gasteiger partial charge in [0.1, 0.15) is 0 Å². The van der Waals surface area contributed by atoms with Crippen LogP contribution >= 0.6 is 0 Å². The summed E-state index contributed by atoms with van der Waals surface area (Å²) in [6.07, 6.45) is 0.711. The highest BCUT2D eigenvalue weighted by molar-refractivity contribution is 4.87. The maximum absolute atomic E-state index is 8.60. The van der Waals surface area contributed by atoms with Crippen molar-refractivity contribution in [1.29, 1.82) is 5.39 Å². The predicted octanol–water partition coefficient (Wildman–Crippen LogP) is 1.62. The molecule has 0 aliphatic carbocycles. The quantitative estimate of drug-likeness (QED) is 0.455. The Morgan fingerprint density at radius 1 is 1.78 bits per heavy atom. The van der Waals surface area contributed by atoms with E-state index in [-0.39, 0.29) is 12.0 Å². The molecule has 50 valence electrons. The lowest BCUT2D eigenvalue weighted by Crippen LogP contribution is -2.00. The smallest absolute Gasteiger partial charge is 0.429 e. The number of aliphatic hydroxyl groups excluding tert-OH is 1. The largest absolute Gasteiger partial charge is 0.476 e. The molecular formula is C5H9N2O2+. The summed E-state index contributed by atoms with van der Waals surface area (Å²) in [7, 11) is 0. The number of ether oxygens (including phenoxy) is 1. The molecule has 0 aromatic carbocycles. The lowest BCUT2D eigenvalue weighted by Gasteiger charge is -2.02. The van der Waals surface area contributed by atoms with Crippen LogP contribution in [0.5, 0.6) is 0 Å². The second-order valence-corrected chi connectivity index (χ2v) is 1.75. The third-order valence-electron chi connectivity index (χ3n) is 0.525. The lowest BCUT2D eigenvalue weighted by molar-refractivity contribution is 0.0521. The Hall–Kier alpha value is -1.24. The van der Waals surface area contributed by atoms with Gasteiger partial charge >= 0.3 is 12.1 Å². The highest BCUT2D eigenvalue weighted by atomic mass is 16.6. The molecule has 0 fully saturated rings. The van der Waals surface area contributed by atoms with Crippen molar-refractivity contribution in [2.45, 2.75) is 20.0 Å². The lowest BCUT2D eigenvalue weighted by atomic mass is 10.5. The molecule has 0 aromatic rings. The second-order valence-electron chi connectivity index (χ2n) is 1.75. The highest BCUT2D eigenvalue weighted by Gasteiger charge is 2.01. The first-order valence-corrected chi connectivity index (χ1v) is 2.57. The zero-order chi connectivity index (χ0) is 7.28. The SMILES string of the molecule is CC(C)O/C(O)=C/[N+]#N. The summed E-state index contributed by atoms with van der Waals surface area (Å²) in [4.78, 5) is 2.55. The van der Waals surface area contributed by atoms with Gasteiger partial charge in [0, 0.05) is 0 Å². The molecular weight excluding hydrogens is 120 g/mol. The monoisotopic (exact) mass is 129 g/mol. The van der Waals surface area contributed by atoms with Gasteiger partial charge < -0.3 is 9.84 Å². The van der Waals surface area contributed by atoms with Gasteiger partial charge in [0.15, 0.2) is 4.98 Å². The number of rotatable bonds is 2. The minimum atomic E-state index is -0.382. The van der Waals surface area contributed by atoms with Crippen LogP contribution < -0.4 is 0 Å².